The maximum atomic E-state index is 13.2. The van der Waals surface area contributed by atoms with Gasteiger partial charge in [0.2, 0.25) is 11.8 Å². The van der Waals surface area contributed by atoms with Crippen molar-refractivity contribution in [3.8, 4) is 0 Å². The largest absolute Gasteiger partial charge is 0.382 e. The summed E-state index contributed by atoms with van der Waals surface area (Å²) >= 11 is 0. The summed E-state index contributed by atoms with van der Waals surface area (Å²) in [6, 6.07) is 3.92. The van der Waals surface area contributed by atoms with Crippen molar-refractivity contribution in [1.82, 2.24) is 10.2 Å². The molecule has 2 aliphatic rings. The molecule has 0 radical (unpaired) electrons. The van der Waals surface area contributed by atoms with Crippen LogP contribution >= 0.6 is 0 Å². The fraction of sp³-hybridized carbons (Fsp3) is 0.796. The van der Waals surface area contributed by atoms with Gasteiger partial charge in [-0.25, -0.2) is 0 Å². The van der Waals surface area contributed by atoms with E-state index in [9.17, 15) is 19.2 Å². The van der Waals surface area contributed by atoms with Crippen molar-refractivity contribution in [1.29, 1.82) is 0 Å². The quantitative estimate of drug-likeness (QED) is 0.0560. The molecule has 2 heterocycles. The number of piperidine rings is 1. The highest BCUT2D eigenvalue weighted by Gasteiger charge is 2.45. The fourth-order valence-electron chi connectivity index (χ4n) is 7.40. The van der Waals surface area contributed by atoms with Crippen LogP contribution in [0.25, 0.3) is 0 Å². The van der Waals surface area contributed by atoms with E-state index in [-0.39, 0.29) is 24.0 Å². The number of nitrogens with zero attached hydrogens (tertiary/aromatic N) is 1. The van der Waals surface area contributed by atoms with Crippen LogP contribution in [0.3, 0.4) is 0 Å². The first kappa shape index (κ1) is 57.2. The van der Waals surface area contributed by atoms with E-state index in [4.69, 9.17) is 47.4 Å². The fourth-order valence-corrected chi connectivity index (χ4v) is 7.40. The van der Waals surface area contributed by atoms with E-state index in [1.54, 1.807) is 18.2 Å². The Morgan fingerprint density at radius 1 is 0.485 bits per heavy atom. The van der Waals surface area contributed by atoms with Gasteiger partial charge in [0.05, 0.1) is 137 Å². The number of imide groups is 2. The van der Waals surface area contributed by atoms with Crippen LogP contribution in [0.2, 0.25) is 0 Å². The smallest absolute Gasteiger partial charge is 0.264 e. The predicted octanol–water partition coefficient (Wildman–Crippen LogP) is 6.15. The molecule has 0 saturated carbocycles. The molecule has 0 aliphatic carbocycles. The normalized spacial score (nSPS) is 15.0. The Bertz CT molecular complexity index is 1420. The lowest BCUT2D eigenvalue weighted by atomic mass is 10.0. The third-order valence-corrected chi connectivity index (χ3v) is 11.0. The first-order chi connectivity index (χ1) is 32.5. The minimum Gasteiger partial charge on any atom is -0.382 e. The van der Waals surface area contributed by atoms with Gasteiger partial charge in [-0.3, -0.25) is 29.4 Å². The summed E-state index contributed by atoms with van der Waals surface area (Å²) in [5, 5.41) is 5.34. The second kappa shape index (κ2) is 39.9. The Kier molecular flexibility index (Phi) is 34.5. The van der Waals surface area contributed by atoms with Gasteiger partial charge >= 0.3 is 0 Å². The van der Waals surface area contributed by atoms with Crippen molar-refractivity contribution < 1.29 is 66.5 Å². The second-order valence-electron chi connectivity index (χ2n) is 16.3. The summed E-state index contributed by atoms with van der Waals surface area (Å²) in [7, 11) is 0. The predicted molar refractivity (Wildman–Crippen MR) is 250 cm³/mol. The summed E-state index contributed by atoms with van der Waals surface area (Å²) in [5.41, 5.74) is 0.916. The van der Waals surface area contributed by atoms with E-state index in [0.29, 0.717) is 138 Å². The zero-order valence-corrected chi connectivity index (χ0v) is 40.1. The first-order valence-corrected chi connectivity index (χ1v) is 24.9. The number of ether oxygens (including phenoxy) is 10. The summed E-state index contributed by atoms with van der Waals surface area (Å²) in [5.74, 6) is -2.16. The van der Waals surface area contributed by atoms with Crippen LogP contribution < -0.4 is 10.6 Å². The first-order valence-electron chi connectivity index (χ1n) is 24.9. The van der Waals surface area contributed by atoms with Gasteiger partial charge in [-0.15, -0.1) is 0 Å². The Labute approximate surface area is 394 Å². The van der Waals surface area contributed by atoms with Crippen LogP contribution in [0.4, 0.5) is 5.69 Å². The average molecular weight is 938 g/mol. The maximum absolute atomic E-state index is 13.2. The molecule has 0 aromatic heterocycles. The van der Waals surface area contributed by atoms with Gasteiger partial charge in [-0.05, 0) is 25.0 Å². The molecule has 17 nitrogen and oxygen atoms in total. The SMILES string of the molecule is CCCCCCCCCCCCCCCCOCCOCCOCCOCCOCCOCCOCCOCCOCCOCCNc1cccc2c1C(=O)N(C1CCC(=O)NC1=O)C2=O. The van der Waals surface area contributed by atoms with E-state index in [1.165, 1.54) is 83.5 Å². The number of hydrogen-bond donors (Lipinski definition) is 2. The van der Waals surface area contributed by atoms with Crippen LogP contribution in [0.5, 0.6) is 0 Å². The van der Waals surface area contributed by atoms with Gasteiger partial charge in [-0.2, -0.15) is 0 Å². The summed E-state index contributed by atoms with van der Waals surface area (Å²) in [6.07, 6.45) is 19.3. The third kappa shape index (κ3) is 26.4. The molecule has 1 unspecified atom stereocenters. The molecule has 1 aromatic rings. The number of rotatable bonds is 47. The third-order valence-electron chi connectivity index (χ3n) is 11.0. The molecule has 17 heteroatoms. The minimum absolute atomic E-state index is 0.0670. The van der Waals surface area contributed by atoms with Crippen LogP contribution in [-0.2, 0) is 57.0 Å². The Hall–Kier alpha value is -3.10. The summed E-state index contributed by atoms with van der Waals surface area (Å²) in [4.78, 5) is 51.0. The van der Waals surface area contributed by atoms with E-state index >= 15 is 0 Å². The highest BCUT2D eigenvalue weighted by atomic mass is 16.6. The molecule has 66 heavy (non-hydrogen) atoms. The molecule has 1 aromatic carbocycles. The van der Waals surface area contributed by atoms with Crippen LogP contribution in [0.1, 0.15) is 130 Å². The number of fused-ring (bicyclic) bond motifs is 1. The molecule has 0 bridgehead atoms. The topological polar surface area (TPSA) is 188 Å². The van der Waals surface area contributed by atoms with Gasteiger partial charge in [0.1, 0.15) is 6.04 Å². The molecule has 1 fully saturated rings. The van der Waals surface area contributed by atoms with E-state index in [1.807, 2.05) is 0 Å². The van der Waals surface area contributed by atoms with E-state index < -0.39 is 29.7 Å². The van der Waals surface area contributed by atoms with Gasteiger partial charge in [0.15, 0.2) is 0 Å². The number of carbonyl (C=O) groups excluding carboxylic acids is 4. The van der Waals surface area contributed by atoms with Crippen molar-refractivity contribution in [2.75, 3.05) is 144 Å². The van der Waals surface area contributed by atoms with E-state index in [2.05, 4.69) is 17.6 Å². The standard InChI is InChI=1S/C49H83N3O14/c1-2-3-4-5-6-7-8-9-10-11-12-13-14-15-22-57-24-26-59-28-30-61-32-34-63-36-38-65-40-41-66-39-37-64-35-33-62-31-29-60-27-25-58-23-21-50-43-18-16-17-42-46(43)49(56)52(48(42)55)44-19-20-45(53)51-47(44)54/h16-18,44,50H,2-15,19-41H2,1H3,(H,51,53,54). The number of anilines is 1. The molecule has 0 spiro atoms. The number of carbonyl (C=O) groups is 4. The molecular formula is C49H83N3O14. The molecule has 2 aliphatic heterocycles. The van der Waals surface area contributed by atoms with Crippen molar-refractivity contribution >= 4 is 29.3 Å². The zero-order valence-electron chi connectivity index (χ0n) is 40.1. The molecule has 3 rings (SSSR count). The van der Waals surface area contributed by atoms with Crippen molar-refractivity contribution in [2.45, 2.75) is 116 Å². The van der Waals surface area contributed by atoms with Gasteiger partial charge in [0, 0.05) is 25.3 Å². The lowest BCUT2D eigenvalue weighted by Gasteiger charge is -2.27. The monoisotopic (exact) mass is 938 g/mol. The molecule has 1 saturated heterocycles. The minimum atomic E-state index is -1.01. The molecule has 2 N–H and O–H groups in total. The highest BCUT2D eigenvalue weighted by molar-refractivity contribution is 6.25. The molecular weight excluding hydrogens is 855 g/mol. The Balaban J connectivity index is 0.943. The Morgan fingerprint density at radius 3 is 1.27 bits per heavy atom. The Morgan fingerprint density at radius 2 is 0.864 bits per heavy atom. The number of hydrogen-bond acceptors (Lipinski definition) is 15. The second-order valence-corrected chi connectivity index (χ2v) is 16.3. The zero-order chi connectivity index (χ0) is 47.0. The lowest BCUT2D eigenvalue weighted by Crippen LogP contribution is -2.54. The van der Waals surface area contributed by atoms with Crippen LogP contribution in [0.15, 0.2) is 18.2 Å². The van der Waals surface area contributed by atoms with Gasteiger partial charge < -0.3 is 52.7 Å². The summed E-state index contributed by atoms with van der Waals surface area (Å²) < 4.78 is 55.6. The molecule has 1 atom stereocenters. The summed E-state index contributed by atoms with van der Waals surface area (Å²) in [6.45, 7) is 12.6. The molecule has 4 amide bonds. The van der Waals surface area contributed by atoms with Gasteiger partial charge in [0.25, 0.3) is 11.8 Å². The lowest BCUT2D eigenvalue weighted by molar-refractivity contribution is -0.136. The highest BCUT2D eigenvalue weighted by Crippen LogP contribution is 2.32. The number of nitrogens with one attached hydrogen (secondary N) is 2. The van der Waals surface area contributed by atoms with E-state index in [0.717, 1.165) is 17.9 Å². The number of benzene rings is 1. The van der Waals surface area contributed by atoms with Crippen LogP contribution in [-0.4, -0.2) is 173 Å². The number of unbranched alkanes of at least 4 members (excludes halogenated alkanes) is 13. The number of amides is 4. The molecule has 378 valence electrons. The van der Waals surface area contributed by atoms with Gasteiger partial charge in [-0.1, -0.05) is 96.5 Å². The van der Waals surface area contributed by atoms with Crippen molar-refractivity contribution in [2.24, 2.45) is 0 Å². The average Bonchev–Trinajstić information content (AvgIpc) is 3.57. The van der Waals surface area contributed by atoms with Crippen molar-refractivity contribution in [3.63, 3.8) is 0 Å². The maximum Gasteiger partial charge on any atom is 0.264 e. The van der Waals surface area contributed by atoms with Crippen molar-refractivity contribution in [3.05, 3.63) is 29.3 Å². The van der Waals surface area contributed by atoms with Crippen LogP contribution in [0, 0.1) is 0 Å².